The largest absolute Gasteiger partial charge is 0.335 e. The molecule has 1 fully saturated rings. The predicted octanol–water partition coefficient (Wildman–Crippen LogP) is 9.95. The molecule has 0 saturated heterocycles. The molecule has 3 aliphatic heterocycles. The van der Waals surface area contributed by atoms with E-state index < -0.39 is 0 Å². The van der Waals surface area contributed by atoms with Gasteiger partial charge in [0.1, 0.15) is 0 Å². The van der Waals surface area contributed by atoms with Crippen molar-refractivity contribution in [2.75, 3.05) is 9.80 Å². The van der Waals surface area contributed by atoms with Crippen LogP contribution in [0.15, 0.2) is 139 Å². The molecule has 48 heavy (non-hydrogen) atoms. The Hall–Kier alpha value is -4.76. The number of nitrogens with zero attached hydrogens (tertiary/aromatic N) is 2. The zero-order chi connectivity index (χ0) is 32.4. The van der Waals surface area contributed by atoms with E-state index in [0.717, 1.165) is 0 Å². The van der Waals surface area contributed by atoms with Gasteiger partial charge in [-0.2, -0.15) is 0 Å². The van der Waals surface area contributed by atoms with Crippen molar-refractivity contribution in [1.29, 1.82) is 0 Å². The summed E-state index contributed by atoms with van der Waals surface area (Å²) in [5.41, 5.74) is 18.0. The molecule has 234 valence electrons. The zero-order valence-electron chi connectivity index (χ0n) is 28.4. The monoisotopic (exact) mass is 620 g/mol. The van der Waals surface area contributed by atoms with Crippen LogP contribution in [0.25, 0.3) is 11.1 Å². The highest BCUT2D eigenvalue weighted by atomic mass is 15.3. The molecule has 0 bridgehead atoms. The number of hydrogen-bond acceptors (Lipinski definition) is 2. The van der Waals surface area contributed by atoms with Gasteiger partial charge in [-0.3, -0.25) is 0 Å². The first kappa shape index (κ1) is 28.3. The maximum absolute atomic E-state index is 2.83. The van der Waals surface area contributed by atoms with Gasteiger partial charge in [-0.1, -0.05) is 142 Å². The van der Waals surface area contributed by atoms with Crippen molar-refractivity contribution >= 4 is 51.5 Å². The second-order valence-electron chi connectivity index (χ2n) is 15.6. The lowest BCUT2D eigenvalue weighted by Gasteiger charge is -2.53. The standard InChI is InChI=1S/C45H41BN2/c1-43(2)38(31-20-10-6-11-21-31)37(30-18-8-5-9-19-30)41-42(43)46-34-25-16-24-33-40(34)48(45(4)29-15-14-28-44(33,45)3)36-27-17-26-35(39(36)46)47(41)32-22-12-7-13-23-32/h5-13,16-27H,14-15,28-29H2,1-4H3. The molecular formula is C45H41BN2. The summed E-state index contributed by atoms with van der Waals surface area (Å²) in [5.74, 6) is 0. The third kappa shape index (κ3) is 3.35. The maximum atomic E-state index is 2.83. The minimum absolute atomic E-state index is 0.0316. The second-order valence-corrected chi connectivity index (χ2v) is 15.6. The van der Waals surface area contributed by atoms with E-state index >= 15 is 0 Å². The van der Waals surface area contributed by atoms with Crippen LogP contribution in [0.1, 0.15) is 70.1 Å². The van der Waals surface area contributed by atoms with Gasteiger partial charge >= 0.3 is 0 Å². The van der Waals surface area contributed by atoms with Crippen molar-refractivity contribution in [3.63, 3.8) is 0 Å². The molecule has 5 aromatic rings. The van der Waals surface area contributed by atoms with Gasteiger partial charge in [0.25, 0.3) is 0 Å². The average Bonchev–Trinajstić information content (AvgIpc) is 3.49. The van der Waals surface area contributed by atoms with Crippen molar-refractivity contribution in [2.24, 2.45) is 5.41 Å². The van der Waals surface area contributed by atoms with Gasteiger partial charge in [-0.15, -0.1) is 0 Å². The molecule has 2 nitrogen and oxygen atoms in total. The molecule has 2 unspecified atom stereocenters. The fourth-order valence-electron chi connectivity index (χ4n) is 10.8. The minimum Gasteiger partial charge on any atom is -0.335 e. The Morgan fingerprint density at radius 2 is 1.23 bits per heavy atom. The van der Waals surface area contributed by atoms with Gasteiger partial charge in [0.05, 0.1) is 5.54 Å². The zero-order valence-corrected chi connectivity index (χ0v) is 28.4. The summed E-state index contributed by atoms with van der Waals surface area (Å²) >= 11 is 0. The number of allylic oxidation sites excluding steroid dienone is 3. The van der Waals surface area contributed by atoms with E-state index in [9.17, 15) is 0 Å². The average molecular weight is 621 g/mol. The van der Waals surface area contributed by atoms with Gasteiger partial charge in [-0.05, 0) is 77.2 Å². The molecular weight excluding hydrogens is 579 g/mol. The van der Waals surface area contributed by atoms with Crippen molar-refractivity contribution in [3.8, 4) is 0 Å². The summed E-state index contributed by atoms with van der Waals surface area (Å²) in [6, 6.07) is 47.9. The van der Waals surface area contributed by atoms with E-state index in [1.54, 1.807) is 5.56 Å². The van der Waals surface area contributed by atoms with E-state index in [-0.39, 0.29) is 23.1 Å². The fraction of sp³-hybridized carbons (Fsp3) is 0.244. The molecule has 0 amide bonds. The molecule has 3 heteroatoms. The molecule has 2 aliphatic carbocycles. The first-order valence-corrected chi connectivity index (χ1v) is 17.9. The molecule has 10 rings (SSSR count). The first-order valence-electron chi connectivity index (χ1n) is 17.9. The Balaban J connectivity index is 1.36. The van der Waals surface area contributed by atoms with E-state index in [2.05, 4.69) is 165 Å². The highest BCUT2D eigenvalue weighted by Gasteiger charge is 2.62. The van der Waals surface area contributed by atoms with Crippen molar-refractivity contribution in [2.45, 2.75) is 64.3 Å². The third-order valence-electron chi connectivity index (χ3n) is 13.0. The highest BCUT2D eigenvalue weighted by Crippen LogP contribution is 2.64. The van der Waals surface area contributed by atoms with E-state index in [4.69, 9.17) is 0 Å². The lowest BCUT2D eigenvalue weighted by Crippen LogP contribution is -2.62. The fourth-order valence-corrected chi connectivity index (χ4v) is 10.8. The van der Waals surface area contributed by atoms with Crippen LogP contribution >= 0.6 is 0 Å². The molecule has 0 N–H and O–H groups in total. The second kappa shape index (κ2) is 9.66. The van der Waals surface area contributed by atoms with Crippen LogP contribution in [-0.4, -0.2) is 12.3 Å². The molecule has 5 aliphatic rings. The van der Waals surface area contributed by atoms with Crippen LogP contribution in [0.2, 0.25) is 0 Å². The van der Waals surface area contributed by atoms with Crippen LogP contribution < -0.4 is 20.7 Å². The summed E-state index contributed by atoms with van der Waals surface area (Å²) in [5, 5.41) is 0. The molecule has 5 aromatic carbocycles. The smallest absolute Gasteiger partial charge is 0.248 e. The van der Waals surface area contributed by atoms with Crippen LogP contribution in [0.3, 0.4) is 0 Å². The molecule has 0 radical (unpaired) electrons. The molecule has 0 aromatic heterocycles. The Morgan fingerprint density at radius 1 is 0.604 bits per heavy atom. The lowest BCUT2D eigenvalue weighted by atomic mass is 9.30. The van der Waals surface area contributed by atoms with Crippen LogP contribution in [0, 0.1) is 5.41 Å². The van der Waals surface area contributed by atoms with Crippen LogP contribution in [0.4, 0.5) is 22.7 Å². The Bertz CT molecular complexity index is 2200. The quantitative estimate of drug-likeness (QED) is 0.185. The SMILES string of the molecule is CC1(C)C2=C(C(c3ccccc3)=C1c1ccccc1)N(c1ccccc1)c1cccc3c1B2c1cccc2c1N3C1(C)CCCCC21C. The summed E-state index contributed by atoms with van der Waals surface area (Å²) in [7, 11) is 0. The van der Waals surface area contributed by atoms with Gasteiger partial charge in [0.15, 0.2) is 0 Å². The third-order valence-corrected chi connectivity index (χ3v) is 13.0. The van der Waals surface area contributed by atoms with Gasteiger partial charge in [0, 0.05) is 44.8 Å². The number of rotatable bonds is 3. The minimum atomic E-state index is -0.242. The van der Waals surface area contributed by atoms with Gasteiger partial charge < -0.3 is 9.80 Å². The number of benzene rings is 5. The predicted molar refractivity (Wildman–Crippen MR) is 203 cm³/mol. The molecule has 0 spiro atoms. The highest BCUT2D eigenvalue weighted by molar-refractivity contribution is 6.96. The maximum Gasteiger partial charge on any atom is 0.248 e. The van der Waals surface area contributed by atoms with E-state index in [1.807, 2.05) is 0 Å². The summed E-state index contributed by atoms with van der Waals surface area (Å²) in [4.78, 5) is 5.45. The summed E-state index contributed by atoms with van der Waals surface area (Å²) < 4.78 is 0. The summed E-state index contributed by atoms with van der Waals surface area (Å²) in [6.07, 6.45) is 5.04. The van der Waals surface area contributed by atoms with Crippen molar-refractivity contribution < 1.29 is 0 Å². The number of anilines is 4. The molecule has 1 saturated carbocycles. The Morgan fingerprint density at radius 3 is 1.96 bits per heavy atom. The van der Waals surface area contributed by atoms with Gasteiger partial charge in [0.2, 0.25) is 6.71 Å². The Labute approximate surface area is 285 Å². The van der Waals surface area contributed by atoms with Gasteiger partial charge in [-0.25, -0.2) is 0 Å². The molecule has 2 atom stereocenters. The van der Waals surface area contributed by atoms with Crippen molar-refractivity contribution in [1.82, 2.24) is 0 Å². The normalized spacial score (nSPS) is 24.4. The van der Waals surface area contributed by atoms with E-state index in [0.29, 0.717) is 0 Å². The van der Waals surface area contributed by atoms with Crippen molar-refractivity contribution in [3.05, 3.63) is 155 Å². The van der Waals surface area contributed by atoms with E-state index in [1.165, 1.54) is 92.8 Å². The number of hydrogen-bond donors (Lipinski definition) is 0. The Kier molecular flexibility index (Phi) is 5.69. The number of para-hydroxylation sites is 2. The molecule has 3 heterocycles. The topological polar surface area (TPSA) is 6.48 Å². The lowest BCUT2D eigenvalue weighted by molar-refractivity contribution is 0.195. The van der Waals surface area contributed by atoms with Crippen LogP contribution in [0.5, 0.6) is 0 Å². The summed E-state index contributed by atoms with van der Waals surface area (Å²) in [6.45, 7) is 10.3. The first-order chi connectivity index (χ1) is 23.4. The van der Waals surface area contributed by atoms with Crippen LogP contribution in [-0.2, 0) is 5.41 Å². The number of fused-ring (bicyclic) bond motifs is 6.